The van der Waals surface area contributed by atoms with Gasteiger partial charge in [-0.1, -0.05) is 73.9 Å². The number of hydrogen-bond acceptors (Lipinski definition) is 4. The van der Waals surface area contributed by atoms with Gasteiger partial charge in [-0.15, -0.1) is 0 Å². The lowest BCUT2D eigenvalue weighted by Crippen LogP contribution is -2.34. The van der Waals surface area contributed by atoms with Gasteiger partial charge < -0.3 is 20.0 Å². The molecule has 0 aliphatic heterocycles. The third-order valence-corrected chi connectivity index (χ3v) is 8.14. The van der Waals surface area contributed by atoms with E-state index in [0.717, 1.165) is 40.2 Å². The molecule has 3 aromatic carbocycles. The summed E-state index contributed by atoms with van der Waals surface area (Å²) in [5, 5.41) is 6.79. The standard InChI is InChI=1S/C37H38N4O2/c42-37(40-35-20-18-33(19-21-35)36-9-5-23-43-36)41(27-30-6-4-22-38-24-30)26-29-12-16-32(17-13-29)31-14-10-28(11-15-31)25-39-34-7-2-1-3-8-34/h4-6,9-24,34,39H,1-3,7-8,25-27H2,(H,40,42). The summed E-state index contributed by atoms with van der Waals surface area (Å²) in [5.41, 5.74) is 7.39. The van der Waals surface area contributed by atoms with Crippen LogP contribution in [0.1, 0.15) is 48.8 Å². The van der Waals surface area contributed by atoms with Gasteiger partial charge in [0, 0.05) is 49.3 Å². The Bertz CT molecular complexity index is 1560. The predicted octanol–water partition coefficient (Wildman–Crippen LogP) is 8.67. The predicted molar refractivity (Wildman–Crippen MR) is 172 cm³/mol. The first kappa shape index (κ1) is 28.4. The maximum atomic E-state index is 13.5. The zero-order valence-corrected chi connectivity index (χ0v) is 24.4. The van der Waals surface area contributed by atoms with Crippen molar-refractivity contribution in [2.24, 2.45) is 0 Å². The summed E-state index contributed by atoms with van der Waals surface area (Å²) in [5.74, 6) is 0.794. The van der Waals surface area contributed by atoms with Crippen molar-refractivity contribution in [1.29, 1.82) is 0 Å². The van der Waals surface area contributed by atoms with Crippen LogP contribution in [0.2, 0.25) is 0 Å². The molecule has 1 fully saturated rings. The van der Waals surface area contributed by atoms with Crippen LogP contribution >= 0.6 is 0 Å². The van der Waals surface area contributed by atoms with Crippen LogP contribution in [0.5, 0.6) is 0 Å². The van der Waals surface area contributed by atoms with Crippen molar-refractivity contribution in [3.05, 3.63) is 132 Å². The number of anilines is 1. The molecule has 0 atom stereocenters. The minimum Gasteiger partial charge on any atom is -0.464 e. The van der Waals surface area contributed by atoms with Gasteiger partial charge in [0.2, 0.25) is 0 Å². The van der Waals surface area contributed by atoms with Gasteiger partial charge >= 0.3 is 6.03 Å². The van der Waals surface area contributed by atoms with Crippen molar-refractivity contribution in [1.82, 2.24) is 15.2 Å². The van der Waals surface area contributed by atoms with E-state index >= 15 is 0 Å². The Labute approximate surface area is 253 Å². The highest BCUT2D eigenvalue weighted by atomic mass is 16.3. The fourth-order valence-corrected chi connectivity index (χ4v) is 5.68. The van der Waals surface area contributed by atoms with Crippen molar-refractivity contribution >= 4 is 11.7 Å². The molecule has 1 saturated carbocycles. The average Bonchev–Trinajstić information content (AvgIpc) is 3.61. The Balaban J connectivity index is 1.10. The first-order valence-corrected chi connectivity index (χ1v) is 15.2. The molecule has 0 saturated heterocycles. The third-order valence-electron chi connectivity index (χ3n) is 8.14. The minimum absolute atomic E-state index is 0.170. The molecule has 5 aromatic rings. The molecular formula is C37H38N4O2. The van der Waals surface area contributed by atoms with Crippen LogP contribution in [0.15, 0.2) is 120 Å². The van der Waals surface area contributed by atoms with E-state index in [2.05, 4.69) is 64.1 Å². The Kier molecular flexibility index (Phi) is 9.25. The summed E-state index contributed by atoms with van der Waals surface area (Å²) >= 11 is 0. The van der Waals surface area contributed by atoms with Crippen LogP contribution < -0.4 is 10.6 Å². The molecule has 1 aliphatic carbocycles. The maximum Gasteiger partial charge on any atom is 0.322 e. The van der Waals surface area contributed by atoms with Crippen molar-refractivity contribution in [3.63, 3.8) is 0 Å². The molecule has 0 radical (unpaired) electrons. The van der Waals surface area contributed by atoms with Crippen LogP contribution in [0.4, 0.5) is 10.5 Å². The van der Waals surface area contributed by atoms with Crippen molar-refractivity contribution in [2.75, 3.05) is 5.32 Å². The fourth-order valence-electron chi connectivity index (χ4n) is 5.68. The SMILES string of the molecule is O=C(Nc1ccc(-c2ccco2)cc1)N(Cc1ccc(-c2ccc(CNC3CCCCC3)cc2)cc1)Cc1cccnc1. The largest absolute Gasteiger partial charge is 0.464 e. The lowest BCUT2D eigenvalue weighted by Gasteiger charge is -2.23. The number of hydrogen-bond donors (Lipinski definition) is 2. The van der Waals surface area contributed by atoms with Crippen LogP contribution in [-0.2, 0) is 19.6 Å². The quantitative estimate of drug-likeness (QED) is 0.176. The van der Waals surface area contributed by atoms with Gasteiger partial charge in [-0.3, -0.25) is 4.98 Å². The van der Waals surface area contributed by atoms with Crippen molar-refractivity contribution in [2.45, 2.75) is 57.8 Å². The molecule has 0 unspecified atom stereocenters. The van der Waals surface area contributed by atoms with E-state index in [1.165, 1.54) is 43.2 Å². The molecular weight excluding hydrogens is 532 g/mol. The summed E-state index contributed by atoms with van der Waals surface area (Å²) in [7, 11) is 0. The molecule has 2 amide bonds. The highest BCUT2D eigenvalue weighted by molar-refractivity contribution is 5.89. The summed E-state index contributed by atoms with van der Waals surface area (Å²) in [6.45, 7) is 1.84. The van der Waals surface area contributed by atoms with Gasteiger partial charge in [-0.2, -0.15) is 0 Å². The zero-order valence-electron chi connectivity index (χ0n) is 24.4. The van der Waals surface area contributed by atoms with Crippen LogP contribution in [0.3, 0.4) is 0 Å². The normalized spacial score (nSPS) is 13.5. The Morgan fingerprint density at radius 3 is 2.07 bits per heavy atom. The number of carbonyl (C=O) groups is 1. The molecule has 0 spiro atoms. The molecule has 6 rings (SSSR count). The number of nitrogens with one attached hydrogen (secondary N) is 2. The van der Waals surface area contributed by atoms with Crippen LogP contribution in [0, 0.1) is 0 Å². The fraction of sp³-hybridized carbons (Fsp3) is 0.243. The van der Waals surface area contributed by atoms with E-state index in [4.69, 9.17) is 4.42 Å². The monoisotopic (exact) mass is 570 g/mol. The van der Waals surface area contributed by atoms with Gasteiger partial charge in [-0.25, -0.2) is 4.79 Å². The van der Waals surface area contributed by atoms with Crippen LogP contribution in [0.25, 0.3) is 22.5 Å². The second kappa shape index (κ2) is 14.0. The number of aromatic nitrogens is 1. The van der Waals surface area contributed by atoms with Crippen molar-refractivity contribution in [3.8, 4) is 22.5 Å². The van der Waals surface area contributed by atoms with Gasteiger partial charge in [0.15, 0.2) is 0 Å². The molecule has 6 heteroatoms. The number of nitrogens with zero attached hydrogens (tertiary/aromatic N) is 2. The van der Waals surface area contributed by atoms with E-state index in [9.17, 15) is 4.79 Å². The summed E-state index contributed by atoms with van der Waals surface area (Å²) in [6.07, 6.45) is 11.9. The van der Waals surface area contributed by atoms with Gasteiger partial charge in [0.05, 0.1) is 6.26 Å². The van der Waals surface area contributed by atoms with Gasteiger partial charge in [0.25, 0.3) is 0 Å². The molecule has 0 bridgehead atoms. The second-order valence-corrected chi connectivity index (χ2v) is 11.3. The molecule has 2 aromatic heterocycles. The maximum absolute atomic E-state index is 13.5. The lowest BCUT2D eigenvalue weighted by atomic mass is 9.95. The zero-order chi connectivity index (χ0) is 29.3. The number of amides is 2. The van der Waals surface area contributed by atoms with Gasteiger partial charge in [-0.05, 0) is 83.1 Å². The van der Waals surface area contributed by atoms with E-state index < -0.39 is 0 Å². The highest BCUT2D eigenvalue weighted by Crippen LogP contribution is 2.24. The minimum atomic E-state index is -0.170. The van der Waals surface area contributed by atoms with Gasteiger partial charge in [0.1, 0.15) is 5.76 Å². The number of furan rings is 1. The first-order chi connectivity index (χ1) is 21.2. The molecule has 1 aliphatic rings. The van der Waals surface area contributed by atoms with Crippen LogP contribution in [-0.4, -0.2) is 22.0 Å². The smallest absolute Gasteiger partial charge is 0.322 e. The average molecular weight is 571 g/mol. The number of urea groups is 1. The summed E-state index contributed by atoms with van der Waals surface area (Å²) < 4.78 is 5.48. The summed E-state index contributed by atoms with van der Waals surface area (Å²) in [6, 6.07) is 33.2. The Morgan fingerprint density at radius 2 is 1.42 bits per heavy atom. The number of rotatable bonds is 10. The molecule has 6 nitrogen and oxygen atoms in total. The van der Waals surface area contributed by atoms with Crippen molar-refractivity contribution < 1.29 is 9.21 Å². The molecule has 2 heterocycles. The number of benzene rings is 3. The van der Waals surface area contributed by atoms with E-state index in [1.54, 1.807) is 23.6 Å². The van der Waals surface area contributed by atoms with E-state index in [-0.39, 0.29) is 6.03 Å². The van der Waals surface area contributed by atoms with E-state index in [1.807, 2.05) is 48.5 Å². The first-order valence-electron chi connectivity index (χ1n) is 15.2. The molecule has 43 heavy (non-hydrogen) atoms. The molecule has 218 valence electrons. The number of carbonyl (C=O) groups excluding carboxylic acids is 1. The Hall–Kier alpha value is -4.68. The lowest BCUT2D eigenvalue weighted by molar-refractivity contribution is 0.206. The molecule has 2 N–H and O–H groups in total. The summed E-state index contributed by atoms with van der Waals surface area (Å²) in [4.78, 5) is 19.5. The second-order valence-electron chi connectivity index (χ2n) is 11.3. The topological polar surface area (TPSA) is 70.4 Å². The third kappa shape index (κ3) is 7.79. The van der Waals surface area contributed by atoms with E-state index in [0.29, 0.717) is 19.1 Å². The number of pyridine rings is 1. The Morgan fingerprint density at radius 1 is 0.744 bits per heavy atom. The highest BCUT2D eigenvalue weighted by Gasteiger charge is 2.16.